The van der Waals surface area contributed by atoms with Crippen molar-refractivity contribution in [2.45, 2.75) is 6.42 Å². The summed E-state index contributed by atoms with van der Waals surface area (Å²) in [5.74, 6) is -0.371. The summed E-state index contributed by atoms with van der Waals surface area (Å²) in [6.07, 6.45) is 0.452. The highest BCUT2D eigenvalue weighted by atomic mass is 32.2. The molecule has 0 unspecified atom stereocenters. The predicted octanol–water partition coefficient (Wildman–Crippen LogP) is 0.0155. The van der Waals surface area contributed by atoms with Crippen LogP contribution in [0.2, 0.25) is 0 Å². The maximum atomic E-state index is 10.8. The second kappa shape index (κ2) is 4.85. The Kier molecular flexibility index (Phi) is 4.46. The predicted molar refractivity (Wildman–Crippen MR) is 43.3 cm³/mol. The lowest BCUT2D eigenvalue weighted by atomic mass is 10.5. The first-order valence-electron chi connectivity index (χ1n) is 3.12. The fraction of sp³-hybridized carbons (Fsp3) is 0.667. The van der Waals surface area contributed by atoms with Crippen LogP contribution < -0.4 is 0 Å². The molecule has 0 aromatic rings. The second-order valence-electron chi connectivity index (χ2n) is 2.05. The number of rotatable bonds is 5. The third-order valence-corrected chi connectivity index (χ3v) is 2.54. The summed E-state index contributed by atoms with van der Waals surface area (Å²) in [6, 6.07) is 1.60. The Balaban J connectivity index is 3.76. The molecule has 0 fully saturated rings. The van der Waals surface area contributed by atoms with Gasteiger partial charge in [-0.3, -0.25) is 0 Å². The third kappa shape index (κ3) is 5.55. The van der Waals surface area contributed by atoms with Crippen molar-refractivity contribution in [3.63, 3.8) is 0 Å². The molecule has 0 heterocycles. The summed E-state index contributed by atoms with van der Waals surface area (Å²) in [5.41, 5.74) is 0. The van der Waals surface area contributed by atoms with Crippen LogP contribution >= 0.6 is 0 Å². The smallest absolute Gasteiger partial charge is 0.163 e. The number of sulfone groups is 1. The molecular formula is C6H10N2O2S. The van der Waals surface area contributed by atoms with Crippen LogP contribution in [0.15, 0.2) is 4.99 Å². The minimum atomic E-state index is -3.15. The van der Waals surface area contributed by atoms with Crippen LogP contribution in [0.3, 0.4) is 0 Å². The fourth-order valence-corrected chi connectivity index (χ4v) is 1.48. The van der Waals surface area contributed by atoms with E-state index in [9.17, 15) is 8.42 Å². The second-order valence-corrected chi connectivity index (χ2v) is 4.23. The molecule has 62 valence electrons. The standard InChI is InChI=1S/C6H10N2O2S/c1-8-4-2-5-11(9,10)6-3-7/h1-2,4-6H2. The zero-order chi connectivity index (χ0) is 8.74. The lowest BCUT2D eigenvalue weighted by Crippen LogP contribution is -2.10. The van der Waals surface area contributed by atoms with Gasteiger partial charge in [0.05, 0.1) is 11.8 Å². The molecule has 0 aliphatic heterocycles. The van der Waals surface area contributed by atoms with Crippen LogP contribution in [0, 0.1) is 11.3 Å². The van der Waals surface area contributed by atoms with Gasteiger partial charge in [0, 0.05) is 6.54 Å². The molecule has 0 spiro atoms. The summed E-state index contributed by atoms with van der Waals surface area (Å²) < 4.78 is 21.6. The number of aliphatic imine (C=N–C) groups is 1. The average molecular weight is 174 g/mol. The van der Waals surface area contributed by atoms with Gasteiger partial charge in [0.25, 0.3) is 0 Å². The molecule has 0 bridgehead atoms. The third-order valence-electron chi connectivity index (χ3n) is 1.06. The van der Waals surface area contributed by atoms with Crippen LogP contribution in [0.5, 0.6) is 0 Å². The molecule has 0 saturated carbocycles. The molecule has 0 amide bonds. The summed E-state index contributed by atoms with van der Waals surface area (Å²) >= 11 is 0. The quantitative estimate of drug-likeness (QED) is 0.435. The Bertz CT molecular complexity index is 250. The van der Waals surface area contributed by atoms with E-state index in [1.165, 1.54) is 0 Å². The van der Waals surface area contributed by atoms with Crippen molar-refractivity contribution in [1.29, 1.82) is 5.26 Å². The molecule has 0 saturated heterocycles. The van der Waals surface area contributed by atoms with E-state index in [4.69, 9.17) is 5.26 Å². The van der Waals surface area contributed by atoms with E-state index >= 15 is 0 Å². The highest BCUT2D eigenvalue weighted by molar-refractivity contribution is 7.91. The highest BCUT2D eigenvalue weighted by Gasteiger charge is 2.07. The van der Waals surface area contributed by atoms with E-state index in [-0.39, 0.29) is 5.75 Å². The molecule has 0 radical (unpaired) electrons. The van der Waals surface area contributed by atoms with Crippen molar-refractivity contribution in [2.75, 3.05) is 18.1 Å². The Morgan fingerprint density at radius 2 is 2.18 bits per heavy atom. The first-order chi connectivity index (χ1) is 5.12. The maximum absolute atomic E-state index is 10.8. The summed E-state index contributed by atoms with van der Waals surface area (Å²) in [7, 11) is -3.15. The van der Waals surface area contributed by atoms with E-state index in [1.54, 1.807) is 6.07 Å². The molecule has 0 rings (SSSR count). The zero-order valence-corrected chi connectivity index (χ0v) is 6.97. The van der Waals surface area contributed by atoms with Crippen molar-refractivity contribution in [1.82, 2.24) is 0 Å². The number of nitrogens with zero attached hydrogens (tertiary/aromatic N) is 2. The van der Waals surface area contributed by atoms with E-state index in [0.29, 0.717) is 13.0 Å². The topological polar surface area (TPSA) is 70.3 Å². The highest BCUT2D eigenvalue weighted by Crippen LogP contribution is 1.92. The lowest BCUT2D eigenvalue weighted by Gasteiger charge is -1.95. The molecule has 0 aromatic heterocycles. The monoisotopic (exact) mass is 174 g/mol. The van der Waals surface area contributed by atoms with Crippen LogP contribution in [-0.4, -0.2) is 33.2 Å². The molecule has 0 aliphatic carbocycles. The Morgan fingerprint density at radius 3 is 2.64 bits per heavy atom. The van der Waals surface area contributed by atoms with Crippen molar-refractivity contribution in [2.24, 2.45) is 4.99 Å². The van der Waals surface area contributed by atoms with Gasteiger partial charge < -0.3 is 4.99 Å². The van der Waals surface area contributed by atoms with Crippen LogP contribution in [-0.2, 0) is 9.84 Å². The fourth-order valence-electron chi connectivity index (χ4n) is 0.567. The maximum Gasteiger partial charge on any atom is 0.163 e. The van der Waals surface area contributed by atoms with Gasteiger partial charge in [-0.2, -0.15) is 5.26 Å². The normalized spacial score (nSPS) is 10.5. The van der Waals surface area contributed by atoms with Gasteiger partial charge in [-0.1, -0.05) is 0 Å². The first-order valence-corrected chi connectivity index (χ1v) is 4.94. The molecule has 0 atom stereocenters. The van der Waals surface area contributed by atoms with Crippen molar-refractivity contribution in [3.8, 4) is 6.07 Å². The Hall–Kier alpha value is -0.890. The Morgan fingerprint density at radius 1 is 1.55 bits per heavy atom. The summed E-state index contributed by atoms with van der Waals surface area (Å²) in [4.78, 5) is 3.50. The summed E-state index contributed by atoms with van der Waals surface area (Å²) in [5, 5.41) is 8.09. The number of nitriles is 1. The minimum Gasteiger partial charge on any atom is -0.301 e. The number of hydrogen-bond acceptors (Lipinski definition) is 4. The van der Waals surface area contributed by atoms with E-state index in [0.717, 1.165) is 0 Å². The van der Waals surface area contributed by atoms with Gasteiger partial charge in [0.15, 0.2) is 9.84 Å². The molecule has 0 aliphatic rings. The SMILES string of the molecule is C=NCCCS(=O)(=O)CC#N. The first kappa shape index (κ1) is 10.1. The Labute approximate surface area is 66.5 Å². The van der Waals surface area contributed by atoms with Gasteiger partial charge in [0.2, 0.25) is 0 Å². The van der Waals surface area contributed by atoms with E-state index in [2.05, 4.69) is 11.7 Å². The summed E-state index contributed by atoms with van der Waals surface area (Å²) in [6.45, 7) is 3.65. The molecular weight excluding hydrogens is 164 g/mol. The average Bonchev–Trinajstić information content (AvgIpc) is 1.87. The van der Waals surface area contributed by atoms with Gasteiger partial charge in [-0.25, -0.2) is 8.42 Å². The van der Waals surface area contributed by atoms with Crippen LogP contribution in [0.4, 0.5) is 0 Å². The van der Waals surface area contributed by atoms with Crippen LogP contribution in [0.25, 0.3) is 0 Å². The number of hydrogen-bond donors (Lipinski definition) is 0. The lowest BCUT2D eigenvalue weighted by molar-refractivity contribution is 0.597. The molecule has 11 heavy (non-hydrogen) atoms. The van der Waals surface area contributed by atoms with Crippen molar-refractivity contribution >= 4 is 16.6 Å². The zero-order valence-electron chi connectivity index (χ0n) is 6.15. The largest absolute Gasteiger partial charge is 0.301 e. The van der Waals surface area contributed by atoms with E-state index < -0.39 is 15.6 Å². The van der Waals surface area contributed by atoms with Gasteiger partial charge in [-0.15, -0.1) is 0 Å². The molecule has 4 nitrogen and oxygen atoms in total. The van der Waals surface area contributed by atoms with E-state index in [1.807, 2.05) is 0 Å². The van der Waals surface area contributed by atoms with Crippen molar-refractivity contribution in [3.05, 3.63) is 0 Å². The minimum absolute atomic E-state index is 0.0274. The molecule has 0 aromatic carbocycles. The van der Waals surface area contributed by atoms with Gasteiger partial charge in [0.1, 0.15) is 5.75 Å². The van der Waals surface area contributed by atoms with Crippen LogP contribution in [0.1, 0.15) is 6.42 Å². The molecule has 0 N–H and O–H groups in total. The molecule has 5 heteroatoms. The van der Waals surface area contributed by atoms with Gasteiger partial charge in [-0.05, 0) is 13.1 Å². The van der Waals surface area contributed by atoms with Gasteiger partial charge >= 0.3 is 0 Å². The van der Waals surface area contributed by atoms with Crippen molar-refractivity contribution < 1.29 is 8.42 Å².